The third-order valence-electron chi connectivity index (χ3n) is 3.48. The Morgan fingerprint density at radius 2 is 1.81 bits per heavy atom. The first kappa shape index (κ1) is 15.3. The Morgan fingerprint density at radius 3 is 2.48 bits per heavy atom. The molecule has 2 rings (SSSR count). The summed E-state index contributed by atoms with van der Waals surface area (Å²) < 4.78 is 0. The Balaban J connectivity index is 2.11. The summed E-state index contributed by atoms with van der Waals surface area (Å²) in [5.41, 5.74) is 4.84. The number of anilines is 1. The van der Waals surface area contributed by atoms with Gasteiger partial charge in [0.2, 0.25) is 0 Å². The second-order valence-electron chi connectivity index (χ2n) is 5.07. The largest absolute Gasteiger partial charge is 0.360 e. The van der Waals surface area contributed by atoms with Gasteiger partial charge < -0.3 is 5.32 Å². The van der Waals surface area contributed by atoms with E-state index >= 15 is 0 Å². The summed E-state index contributed by atoms with van der Waals surface area (Å²) in [6.07, 6.45) is 3.15. The van der Waals surface area contributed by atoms with Crippen molar-refractivity contribution in [2.45, 2.75) is 20.8 Å². The molecule has 2 aromatic rings. The number of carbonyl (C=O) groups excluding carboxylic acids is 1. The normalized spacial score (nSPS) is 10.9. The standard InChI is InChI=1S/C18H18ClNO/c1-12-7-8-15(11-14(12)3)17(21)9-10-20-18-13(2)5-4-6-16(18)19/h4-11,20H,1-3H3/b10-9+. The minimum absolute atomic E-state index is 0.0321. The first-order valence-corrected chi connectivity index (χ1v) is 7.16. The van der Waals surface area contributed by atoms with Crippen LogP contribution in [0.2, 0.25) is 5.02 Å². The average Bonchev–Trinajstić information content (AvgIpc) is 2.45. The average molecular weight is 300 g/mol. The number of ketones is 1. The molecule has 0 spiro atoms. The van der Waals surface area contributed by atoms with Crippen molar-refractivity contribution in [2.24, 2.45) is 0 Å². The Labute approximate surface area is 130 Å². The molecule has 0 fully saturated rings. The van der Waals surface area contributed by atoms with Crippen LogP contribution >= 0.6 is 11.6 Å². The fourth-order valence-electron chi connectivity index (χ4n) is 2.01. The molecule has 0 radical (unpaired) electrons. The fraction of sp³-hybridized carbons (Fsp3) is 0.167. The molecule has 0 bridgehead atoms. The predicted molar refractivity (Wildman–Crippen MR) is 89.2 cm³/mol. The highest BCUT2D eigenvalue weighted by Crippen LogP contribution is 2.25. The number of para-hydroxylation sites is 1. The highest BCUT2D eigenvalue weighted by molar-refractivity contribution is 6.33. The van der Waals surface area contributed by atoms with Gasteiger partial charge >= 0.3 is 0 Å². The number of rotatable bonds is 4. The number of nitrogens with one attached hydrogen (secondary N) is 1. The maximum atomic E-state index is 12.1. The minimum Gasteiger partial charge on any atom is -0.360 e. The van der Waals surface area contributed by atoms with E-state index in [4.69, 9.17) is 11.6 Å². The Hall–Kier alpha value is -2.06. The van der Waals surface area contributed by atoms with Crippen LogP contribution in [0.25, 0.3) is 0 Å². The molecular weight excluding hydrogens is 282 g/mol. The van der Waals surface area contributed by atoms with Crippen molar-refractivity contribution in [3.8, 4) is 0 Å². The summed E-state index contributed by atoms with van der Waals surface area (Å²) in [6.45, 7) is 6.00. The monoisotopic (exact) mass is 299 g/mol. The van der Waals surface area contributed by atoms with E-state index in [1.807, 2.05) is 57.2 Å². The number of benzene rings is 2. The van der Waals surface area contributed by atoms with Gasteiger partial charge in [0.05, 0.1) is 10.7 Å². The zero-order chi connectivity index (χ0) is 15.4. The van der Waals surface area contributed by atoms with Gasteiger partial charge in [0.15, 0.2) is 5.78 Å². The van der Waals surface area contributed by atoms with E-state index in [-0.39, 0.29) is 5.78 Å². The second kappa shape index (κ2) is 6.59. The van der Waals surface area contributed by atoms with Gasteiger partial charge in [0, 0.05) is 17.8 Å². The molecule has 0 saturated carbocycles. The van der Waals surface area contributed by atoms with Gasteiger partial charge in [-0.1, -0.05) is 35.9 Å². The molecule has 2 aromatic carbocycles. The van der Waals surface area contributed by atoms with Crippen molar-refractivity contribution in [1.29, 1.82) is 0 Å². The quantitative estimate of drug-likeness (QED) is 0.630. The maximum absolute atomic E-state index is 12.1. The molecule has 0 aliphatic heterocycles. The molecule has 0 aliphatic rings. The first-order valence-electron chi connectivity index (χ1n) is 6.79. The molecule has 0 amide bonds. The van der Waals surface area contributed by atoms with E-state index in [0.29, 0.717) is 10.6 Å². The topological polar surface area (TPSA) is 29.1 Å². The Bertz CT molecular complexity index is 684. The number of allylic oxidation sites excluding steroid dienone is 1. The van der Waals surface area contributed by atoms with Crippen molar-refractivity contribution in [1.82, 2.24) is 0 Å². The maximum Gasteiger partial charge on any atom is 0.187 e. The number of hydrogen-bond acceptors (Lipinski definition) is 2. The molecule has 3 heteroatoms. The molecule has 108 valence electrons. The summed E-state index contributed by atoms with van der Waals surface area (Å²) in [4.78, 5) is 12.1. The molecule has 1 N–H and O–H groups in total. The van der Waals surface area contributed by atoms with Crippen LogP contribution in [0.15, 0.2) is 48.7 Å². The van der Waals surface area contributed by atoms with Crippen LogP contribution in [0, 0.1) is 20.8 Å². The summed E-state index contributed by atoms with van der Waals surface area (Å²) in [5, 5.41) is 3.71. The van der Waals surface area contributed by atoms with Crippen LogP contribution in [0.1, 0.15) is 27.0 Å². The van der Waals surface area contributed by atoms with E-state index in [2.05, 4.69) is 5.32 Å². The van der Waals surface area contributed by atoms with Crippen LogP contribution in [0.3, 0.4) is 0 Å². The predicted octanol–water partition coefficient (Wildman–Crippen LogP) is 5.07. The van der Waals surface area contributed by atoms with Gasteiger partial charge in [-0.25, -0.2) is 0 Å². The first-order chi connectivity index (χ1) is 9.99. The third-order valence-corrected chi connectivity index (χ3v) is 3.79. The molecule has 0 heterocycles. The van der Waals surface area contributed by atoms with E-state index < -0.39 is 0 Å². The SMILES string of the molecule is Cc1ccc(C(=O)/C=C/Nc2c(C)cccc2Cl)cc1C. The van der Waals surface area contributed by atoms with Gasteiger partial charge in [0.25, 0.3) is 0 Å². The molecule has 0 saturated heterocycles. The molecular formula is C18H18ClNO. The lowest BCUT2D eigenvalue weighted by Gasteiger charge is -2.07. The van der Waals surface area contributed by atoms with Crippen molar-refractivity contribution in [3.63, 3.8) is 0 Å². The zero-order valence-corrected chi connectivity index (χ0v) is 13.2. The van der Waals surface area contributed by atoms with Gasteiger partial charge in [-0.05, 0) is 49.6 Å². The third kappa shape index (κ3) is 3.73. The van der Waals surface area contributed by atoms with Gasteiger partial charge in [-0.3, -0.25) is 4.79 Å². The van der Waals surface area contributed by atoms with Crippen LogP contribution in [0.4, 0.5) is 5.69 Å². The zero-order valence-electron chi connectivity index (χ0n) is 12.4. The molecule has 21 heavy (non-hydrogen) atoms. The van der Waals surface area contributed by atoms with Crippen LogP contribution < -0.4 is 5.32 Å². The summed E-state index contributed by atoms with van der Waals surface area (Å²) >= 11 is 6.12. The number of carbonyl (C=O) groups is 1. The van der Waals surface area contributed by atoms with Gasteiger partial charge in [-0.15, -0.1) is 0 Å². The van der Waals surface area contributed by atoms with Crippen molar-refractivity contribution in [2.75, 3.05) is 5.32 Å². The number of hydrogen-bond donors (Lipinski definition) is 1. The fourth-order valence-corrected chi connectivity index (χ4v) is 2.28. The lowest BCUT2D eigenvalue weighted by molar-refractivity contribution is 0.104. The van der Waals surface area contributed by atoms with E-state index in [0.717, 1.165) is 16.8 Å². The van der Waals surface area contributed by atoms with Crippen molar-refractivity contribution >= 4 is 23.1 Å². The lowest BCUT2D eigenvalue weighted by atomic mass is 10.0. The van der Waals surface area contributed by atoms with Gasteiger partial charge in [0.1, 0.15) is 0 Å². The smallest absolute Gasteiger partial charge is 0.187 e. The van der Waals surface area contributed by atoms with Crippen LogP contribution in [-0.2, 0) is 0 Å². The number of aryl methyl sites for hydroxylation is 3. The molecule has 2 nitrogen and oxygen atoms in total. The van der Waals surface area contributed by atoms with Gasteiger partial charge in [-0.2, -0.15) is 0 Å². The van der Waals surface area contributed by atoms with Crippen LogP contribution in [-0.4, -0.2) is 5.78 Å². The second-order valence-corrected chi connectivity index (χ2v) is 5.48. The molecule has 0 unspecified atom stereocenters. The summed E-state index contributed by atoms with van der Waals surface area (Å²) in [7, 11) is 0. The number of halogens is 1. The van der Waals surface area contributed by atoms with E-state index in [1.54, 1.807) is 6.20 Å². The molecule has 0 atom stereocenters. The summed E-state index contributed by atoms with van der Waals surface area (Å²) in [5.74, 6) is -0.0321. The minimum atomic E-state index is -0.0321. The highest BCUT2D eigenvalue weighted by atomic mass is 35.5. The van der Waals surface area contributed by atoms with E-state index in [9.17, 15) is 4.79 Å². The van der Waals surface area contributed by atoms with Crippen molar-refractivity contribution in [3.05, 3.63) is 76.0 Å². The molecule has 0 aliphatic carbocycles. The Kier molecular flexibility index (Phi) is 4.81. The van der Waals surface area contributed by atoms with Crippen LogP contribution in [0.5, 0.6) is 0 Å². The lowest BCUT2D eigenvalue weighted by Crippen LogP contribution is -1.98. The van der Waals surface area contributed by atoms with Crippen molar-refractivity contribution < 1.29 is 4.79 Å². The highest BCUT2D eigenvalue weighted by Gasteiger charge is 2.04. The summed E-state index contributed by atoms with van der Waals surface area (Å²) in [6, 6.07) is 11.4. The Morgan fingerprint density at radius 1 is 1.05 bits per heavy atom. The molecule has 0 aromatic heterocycles. The van der Waals surface area contributed by atoms with E-state index in [1.165, 1.54) is 11.6 Å².